The zero-order chi connectivity index (χ0) is 20.5. The van der Waals surface area contributed by atoms with Crippen LogP contribution in [0.2, 0.25) is 0 Å². The molecule has 1 saturated heterocycles. The molecule has 1 spiro atoms. The predicted octanol–water partition coefficient (Wildman–Crippen LogP) is 1.13. The number of hydrogen-bond donors (Lipinski definition) is 3. The van der Waals surface area contributed by atoms with Crippen molar-refractivity contribution in [3.05, 3.63) is 29.8 Å². The average Bonchev–Trinajstić information content (AvgIpc) is 2.88. The van der Waals surface area contributed by atoms with Crippen LogP contribution < -0.4 is 15.5 Å². The molecule has 3 rings (SSSR count). The Morgan fingerprint density at radius 1 is 1.21 bits per heavy atom. The van der Waals surface area contributed by atoms with E-state index in [1.54, 1.807) is 6.92 Å². The number of nitrogens with zero attached hydrogens (tertiary/aromatic N) is 1. The number of hydrogen-bond acceptors (Lipinski definition) is 5. The fourth-order valence-electron chi connectivity index (χ4n) is 3.54. The topological polar surface area (TPSA) is 125 Å². The van der Waals surface area contributed by atoms with Crippen LogP contribution in [0.25, 0.3) is 0 Å². The smallest absolute Gasteiger partial charge is 0.322 e. The van der Waals surface area contributed by atoms with Crippen molar-refractivity contribution in [2.24, 2.45) is 5.92 Å². The maximum atomic E-state index is 12.8. The van der Waals surface area contributed by atoms with Crippen LogP contribution in [0.1, 0.15) is 49.9 Å². The second-order valence-electron chi connectivity index (χ2n) is 7.30. The van der Waals surface area contributed by atoms with Crippen LogP contribution in [-0.4, -0.2) is 43.4 Å². The Bertz CT molecular complexity index is 889. The van der Waals surface area contributed by atoms with Gasteiger partial charge in [0.2, 0.25) is 10.0 Å². The lowest BCUT2D eigenvalue weighted by Crippen LogP contribution is -2.51. The van der Waals surface area contributed by atoms with Gasteiger partial charge in [0.05, 0.1) is 4.90 Å². The summed E-state index contributed by atoms with van der Waals surface area (Å²) < 4.78 is 26.3. The minimum Gasteiger partial charge on any atom is -0.322 e. The Labute approximate surface area is 163 Å². The molecular weight excluding hydrogens is 384 g/mol. The Morgan fingerprint density at radius 2 is 1.82 bits per heavy atom. The third-order valence-electron chi connectivity index (χ3n) is 5.26. The van der Waals surface area contributed by atoms with Crippen LogP contribution in [-0.2, 0) is 14.8 Å². The van der Waals surface area contributed by atoms with Gasteiger partial charge in [-0.05, 0) is 55.9 Å². The van der Waals surface area contributed by atoms with E-state index in [9.17, 15) is 22.8 Å². The van der Waals surface area contributed by atoms with Gasteiger partial charge < -0.3 is 5.32 Å². The summed E-state index contributed by atoms with van der Waals surface area (Å²) in [5.41, 5.74) is 1.52. The Hall–Kier alpha value is -2.46. The molecule has 1 aliphatic heterocycles. The Morgan fingerprint density at radius 3 is 2.39 bits per heavy atom. The molecule has 4 amide bonds. The molecule has 3 N–H and O–H groups in total. The summed E-state index contributed by atoms with van der Waals surface area (Å²) in [6.07, 6.45) is 2.75. The third-order valence-corrected chi connectivity index (χ3v) is 6.83. The minimum absolute atomic E-state index is 0.0242. The van der Waals surface area contributed by atoms with Gasteiger partial charge in [0, 0.05) is 12.1 Å². The van der Waals surface area contributed by atoms with Gasteiger partial charge in [-0.2, -0.15) is 5.01 Å². The van der Waals surface area contributed by atoms with Crippen molar-refractivity contribution in [1.29, 1.82) is 0 Å². The van der Waals surface area contributed by atoms with Crippen molar-refractivity contribution in [3.8, 4) is 0 Å². The van der Waals surface area contributed by atoms with Crippen molar-refractivity contribution in [2.45, 2.75) is 50.0 Å². The van der Waals surface area contributed by atoms with Gasteiger partial charge in [-0.15, -0.1) is 0 Å². The van der Waals surface area contributed by atoms with E-state index in [0.29, 0.717) is 18.8 Å². The molecule has 0 bridgehead atoms. The first-order valence-electron chi connectivity index (χ1n) is 9.26. The number of carbonyl (C=O) groups is 3. The summed E-state index contributed by atoms with van der Waals surface area (Å²) in [5.74, 6) is -0.628. The van der Waals surface area contributed by atoms with Gasteiger partial charge in [-0.3, -0.25) is 15.0 Å². The summed E-state index contributed by atoms with van der Waals surface area (Å²) in [5, 5.41) is 3.45. The first kappa shape index (κ1) is 20.3. The average molecular weight is 408 g/mol. The maximum Gasteiger partial charge on any atom is 0.344 e. The van der Waals surface area contributed by atoms with Crippen LogP contribution in [0.15, 0.2) is 29.2 Å². The molecule has 1 heterocycles. The van der Waals surface area contributed by atoms with Gasteiger partial charge in [-0.25, -0.2) is 17.9 Å². The van der Waals surface area contributed by atoms with E-state index in [0.717, 1.165) is 17.9 Å². The first-order valence-corrected chi connectivity index (χ1v) is 10.7. The molecule has 2 fully saturated rings. The largest absolute Gasteiger partial charge is 0.344 e. The molecule has 0 atom stereocenters. The van der Waals surface area contributed by atoms with Crippen LogP contribution >= 0.6 is 0 Å². The van der Waals surface area contributed by atoms with E-state index < -0.39 is 33.4 Å². The van der Waals surface area contributed by atoms with E-state index in [2.05, 4.69) is 22.4 Å². The predicted molar refractivity (Wildman–Crippen MR) is 101 cm³/mol. The minimum atomic E-state index is -3.63. The number of hydrazine groups is 1. The van der Waals surface area contributed by atoms with Crippen LogP contribution in [0.3, 0.4) is 0 Å². The molecule has 152 valence electrons. The fourth-order valence-corrected chi connectivity index (χ4v) is 4.58. The van der Waals surface area contributed by atoms with Crippen molar-refractivity contribution >= 4 is 27.9 Å². The monoisotopic (exact) mass is 408 g/mol. The highest BCUT2D eigenvalue weighted by Crippen LogP contribution is 2.35. The lowest BCUT2D eigenvalue weighted by molar-refractivity contribution is -0.134. The molecule has 10 heteroatoms. The molecular formula is C18H24N4O5S. The maximum absolute atomic E-state index is 12.8. The molecule has 9 nitrogen and oxygen atoms in total. The van der Waals surface area contributed by atoms with Crippen molar-refractivity contribution in [3.63, 3.8) is 0 Å². The van der Waals surface area contributed by atoms with Gasteiger partial charge in [0.15, 0.2) is 0 Å². The molecule has 0 unspecified atom stereocenters. The summed E-state index contributed by atoms with van der Waals surface area (Å²) in [7, 11) is -3.63. The number of imide groups is 1. The highest BCUT2D eigenvalue weighted by molar-refractivity contribution is 7.89. The highest BCUT2D eigenvalue weighted by atomic mass is 32.2. The van der Waals surface area contributed by atoms with E-state index in [-0.39, 0.29) is 17.0 Å². The van der Waals surface area contributed by atoms with Gasteiger partial charge in [0.1, 0.15) is 5.54 Å². The van der Waals surface area contributed by atoms with E-state index >= 15 is 0 Å². The number of sulfonamides is 1. The van der Waals surface area contributed by atoms with E-state index in [1.165, 1.54) is 24.3 Å². The summed E-state index contributed by atoms with van der Waals surface area (Å²) in [6, 6.07) is 4.59. The van der Waals surface area contributed by atoms with Gasteiger partial charge in [-0.1, -0.05) is 13.8 Å². The van der Waals surface area contributed by atoms with Crippen molar-refractivity contribution in [1.82, 2.24) is 20.5 Å². The lowest BCUT2D eigenvalue weighted by atomic mass is 9.77. The quantitative estimate of drug-likeness (QED) is 0.630. The molecule has 0 aromatic heterocycles. The SMILES string of the molecule is CCNS(=O)(=O)c1ccc(C(=O)NN2C(=O)NC3(CCC(C)CC3)C2=O)cc1. The summed E-state index contributed by atoms with van der Waals surface area (Å²) >= 11 is 0. The van der Waals surface area contributed by atoms with E-state index in [1.807, 2.05) is 0 Å². The summed E-state index contributed by atoms with van der Waals surface area (Å²) in [4.78, 5) is 37.5. The molecule has 1 aromatic carbocycles. The number of amides is 4. The highest BCUT2D eigenvalue weighted by Gasteiger charge is 2.52. The lowest BCUT2D eigenvalue weighted by Gasteiger charge is -2.33. The van der Waals surface area contributed by atoms with Crippen LogP contribution in [0, 0.1) is 5.92 Å². The molecule has 28 heavy (non-hydrogen) atoms. The van der Waals surface area contributed by atoms with Crippen molar-refractivity contribution < 1.29 is 22.8 Å². The van der Waals surface area contributed by atoms with Gasteiger partial charge in [0.25, 0.3) is 11.8 Å². The Balaban J connectivity index is 1.71. The second kappa shape index (κ2) is 7.51. The second-order valence-corrected chi connectivity index (χ2v) is 9.07. The van der Waals surface area contributed by atoms with Crippen LogP contribution in [0.5, 0.6) is 0 Å². The number of carbonyl (C=O) groups excluding carboxylic acids is 3. The number of rotatable bonds is 5. The van der Waals surface area contributed by atoms with Crippen LogP contribution in [0.4, 0.5) is 4.79 Å². The number of nitrogens with one attached hydrogen (secondary N) is 3. The zero-order valence-corrected chi connectivity index (χ0v) is 16.6. The zero-order valence-electron chi connectivity index (χ0n) is 15.8. The van der Waals surface area contributed by atoms with E-state index in [4.69, 9.17) is 0 Å². The normalized spacial score (nSPS) is 25.1. The molecule has 1 saturated carbocycles. The number of urea groups is 1. The first-order chi connectivity index (χ1) is 13.2. The molecule has 1 aliphatic carbocycles. The van der Waals surface area contributed by atoms with Crippen molar-refractivity contribution in [2.75, 3.05) is 6.54 Å². The number of benzene rings is 1. The summed E-state index contributed by atoms with van der Waals surface area (Å²) in [6.45, 7) is 4.02. The third kappa shape index (κ3) is 3.74. The Kier molecular flexibility index (Phi) is 5.44. The fraction of sp³-hybridized carbons (Fsp3) is 0.500. The molecule has 0 radical (unpaired) electrons. The standard InChI is InChI=1S/C18H24N4O5S/c1-3-19-28(26,27)14-6-4-13(5-7-14)15(23)21-22-16(24)18(20-17(22)25)10-8-12(2)9-11-18/h4-7,12,19H,3,8-11H2,1-2H3,(H,20,25)(H,21,23). The van der Waals surface area contributed by atoms with Gasteiger partial charge >= 0.3 is 6.03 Å². The molecule has 2 aliphatic rings. The molecule has 1 aromatic rings.